The molecule has 1 amide bonds. The van der Waals surface area contributed by atoms with Gasteiger partial charge in [0, 0.05) is 24.8 Å². The van der Waals surface area contributed by atoms with E-state index < -0.39 is 6.04 Å². The molecule has 3 atom stereocenters. The maximum absolute atomic E-state index is 13.4. The number of aromatic nitrogens is 2. The van der Waals surface area contributed by atoms with Crippen molar-refractivity contribution in [1.29, 1.82) is 0 Å². The number of fused-ring (bicyclic) bond motifs is 1. The first-order valence-corrected chi connectivity index (χ1v) is 11.8. The minimum atomic E-state index is -0.432. The Bertz CT molecular complexity index is 840. The molecule has 5 heteroatoms. The second-order valence-electron chi connectivity index (χ2n) is 9.24. The summed E-state index contributed by atoms with van der Waals surface area (Å²) in [5.74, 6) is 1.99. The van der Waals surface area contributed by atoms with Crippen LogP contribution in [0.3, 0.4) is 0 Å². The summed E-state index contributed by atoms with van der Waals surface area (Å²) in [5.41, 5.74) is 8.52. The van der Waals surface area contributed by atoms with Gasteiger partial charge in [-0.2, -0.15) is 0 Å². The van der Waals surface area contributed by atoms with Crippen LogP contribution in [0.15, 0.2) is 36.5 Å². The highest BCUT2D eigenvalue weighted by Crippen LogP contribution is 2.38. The lowest BCUT2D eigenvalue weighted by atomic mass is 9.83. The van der Waals surface area contributed by atoms with Crippen molar-refractivity contribution in [3.63, 3.8) is 0 Å². The van der Waals surface area contributed by atoms with Crippen LogP contribution in [-0.4, -0.2) is 32.9 Å². The molecule has 0 radical (unpaired) electrons. The maximum Gasteiger partial charge on any atom is 0.240 e. The third-order valence-corrected chi connectivity index (χ3v) is 7.24. The average Bonchev–Trinajstić information content (AvgIpc) is 3.24. The molecule has 1 aliphatic heterocycles. The molecule has 0 saturated heterocycles. The van der Waals surface area contributed by atoms with Crippen LogP contribution < -0.4 is 5.73 Å². The number of nitrogens with zero attached hydrogens (tertiary/aromatic N) is 3. The van der Waals surface area contributed by atoms with Crippen molar-refractivity contribution in [3.8, 4) is 11.3 Å². The van der Waals surface area contributed by atoms with Crippen LogP contribution in [0.1, 0.15) is 70.7 Å². The van der Waals surface area contributed by atoms with E-state index in [-0.39, 0.29) is 17.9 Å². The number of benzene rings is 1. The smallest absolute Gasteiger partial charge is 0.240 e. The van der Waals surface area contributed by atoms with Crippen molar-refractivity contribution in [2.24, 2.45) is 17.6 Å². The van der Waals surface area contributed by atoms with E-state index in [1.807, 2.05) is 18.2 Å². The minimum absolute atomic E-state index is 0.0296. The predicted molar refractivity (Wildman–Crippen MR) is 121 cm³/mol. The first-order valence-electron chi connectivity index (χ1n) is 11.8. The van der Waals surface area contributed by atoms with E-state index in [0.717, 1.165) is 43.0 Å². The van der Waals surface area contributed by atoms with Crippen molar-refractivity contribution < 1.29 is 4.79 Å². The predicted octanol–water partition coefficient (Wildman–Crippen LogP) is 4.78. The van der Waals surface area contributed by atoms with Crippen molar-refractivity contribution >= 4 is 5.91 Å². The molecular formula is C25H36N4O. The van der Waals surface area contributed by atoms with Gasteiger partial charge in [-0.1, -0.05) is 82.7 Å². The van der Waals surface area contributed by atoms with Gasteiger partial charge in [0.2, 0.25) is 5.91 Å². The second kappa shape index (κ2) is 9.34. The molecule has 1 aliphatic carbocycles. The summed E-state index contributed by atoms with van der Waals surface area (Å²) in [5, 5.41) is 0. The SMILES string of the molecule is CC[C@@H](C)[C@H](N)C(=O)N1CCn2cc(-c3ccccc3)nc2C1CC1CCCCC1. The van der Waals surface area contributed by atoms with Crippen molar-refractivity contribution in [2.75, 3.05) is 6.54 Å². The Morgan fingerprint density at radius 1 is 1.17 bits per heavy atom. The monoisotopic (exact) mass is 408 g/mol. The number of nitrogens with two attached hydrogens (primary N) is 1. The van der Waals surface area contributed by atoms with Crippen LogP contribution in [0.2, 0.25) is 0 Å². The average molecular weight is 409 g/mol. The lowest BCUT2D eigenvalue weighted by Gasteiger charge is -2.40. The lowest BCUT2D eigenvalue weighted by Crippen LogP contribution is -2.51. The summed E-state index contributed by atoms with van der Waals surface area (Å²) in [6.07, 6.45) is 10.6. The Morgan fingerprint density at radius 2 is 1.90 bits per heavy atom. The minimum Gasteiger partial charge on any atom is -0.331 e. The van der Waals surface area contributed by atoms with Gasteiger partial charge < -0.3 is 15.2 Å². The molecule has 2 N–H and O–H groups in total. The largest absolute Gasteiger partial charge is 0.331 e. The molecule has 30 heavy (non-hydrogen) atoms. The first-order chi connectivity index (χ1) is 14.6. The highest BCUT2D eigenvalue weighted by Gasteiger charge is 2.37. The molecule has 2 aromatic rings. The zero-order valence-corrected chi connectivity index (χ0v) is 18.5. The van der Waals surface area contributed by atoms with Gasteiger partial charge in [-0.25, -0.2) is 4.98 Å². The summed E-state index contributed by atoms with van der Waals surface area (Å²) in [6.45, 7) is 5.69. The Hall–Kier alpha value is -2.14. The second-order valence-corrected chi connectivity index (χ2v) is 9.24. The van der Waals surface area contributed by atoms with E-state index in [1.54, 1.807) is 0 Å². The molecule has 162 valence electrons. The standard InChI is InChI=1S/C25H36N4O/c1-3-18(2)23(26)25(30)29-15-14-28-17-21(20-12-8-5-9-13-20)27-24(28)22(29)16-19-10-6-4-7-11-19/h5,8-9,12-13,17-19,22-23H,3-4,6-7,10-11,14-16,26H2,1-2H3/t18-,22?,23+/m1/s1. The molecular weight excluding hydrogens is 372 g/mol. The number of carbonyl (C=O) groups is 1. The van der Waals surface area contributed by atoms with Crippen molar-refractivity contribution in [3.05, 3.63) is 42.4 Å². The summed E-state index contributed by atoms with van der Waals surface area (Å²) in [6, 6.07) is 9.93. The molecule has 4 rings (SSSR count). The summed E-state index contributed by atoms with van der Waals surface area (Å²) >= 11 is 0. The Kier molecular flexibility index (Phi) is 6.57. The van der Waals surface area contributed by atoms with Gasteiger partial charge in [0.15, 0.2) is 0 Å². The van der Waals surface area contributed by atoms with Crippen LogP contribution in [0, 0.1) is 11.8 Å². The van der Waals surface area contributed by atoms with Gasteiger partial charge >= 0.3 is 0 Å². The number of hydrogen-bond acceptors (Lipinski definition) is 3. The lowest BCUT2D eigenvalue weighted by molar-refractivity contribution is -0.138. The Balaban J connectivity index is 1.65. The van der Waals surface area contributed by atoms with E-state index in [2.05, 4.69) is 41.6 Å². The summed E-state index contributed by atoms with van der Waals surface area (Å²) in [7, 11) is 0. The van der Waals surface area contributed by atoms with Crippen LogP contribution >= 0.6 is 0 Å². The van der Waals surface area contributed by atoms with E-state index >= 15 is 0 Å². The van der Waals surface area contributed by atoms with Gasteiger partial charge in [-0.15, -0.1) is 0 Å². The maximum atomic E-state index is 13.4. The highest BCUT2D eigenvalue weighted by molar-refractivity contribution is 5.82. The molecule has 5 nitrogen and oxygen atoms in total. The molecule has 2 heterocycles. The fourth-order valence-electron chi connectivity index (χ4n) is 5.06. The number of rotatable bonds is 6. The zero-order chi connectivity index (χ0) is 21.1. The highest BCUT2D eigenvalue weighted by atomic mass is 16.2. The normalized spacial score (nSPS) is 21.8. The van der Waals surface area contributed by atoms with Crippen LogP contribution in [0.4, 0.5) is 0 Å². The molecule has 0 bridgehead atoms. The van der Waals surface area contributed by atoms with Crippen LogP contribution in [0.5, 0.6) is 0 Å². The number of amides is 1. The van der Waals surface area contributed by atoms with Crippen LogP contribution in [-0.2, 0) is 11.3 Å². The van der Waals surface area contributed by atoms with Gasteiger partial charge in [0.05, 0.1) is 17.8 Å². The number of carbonyl (C=O) groups excluding carboxylic acids is 1. The van der Waals surface area contributed by atoms with E-state index in [0.29, 0.717) is 5.92 Å². The summed E-state index contributed by atoms with van der Waals surface area (Å²) in [4.78, 5) is 20.5. The molecule has 1 aromatic heterocycles. The molecule has 1 saturated carbocycles. The molecule has 1 unspecified atom stereocenters. The van der Waals surface area contributed by atoms with E-state index in [1.165, 1.54) is 32.1 Å². The van der Waals surface area contributed by atoms with E-state index in [4.69, 9.17) is 10.7 Å². The number of hydrogen-bond donors (Lipinski definition) is 1. The molecule has 1 aromatic carbocycles. The fraction of sp³-hybridized carbons (Fsp3) is 0.600. The fourth-order valence-corrected chi connectivity index (χ4v) is 5.06. The third-order valence-electron chi connectivity index (χ3n) is 7.24. The first kappa shape index (κ1) is 21.1. The van der Waals surface area contributed by atoms with Crippen molar-refractivity contribution in [2.45, 2.75) is 77.4 Å². The molecule has 0 spiro atoms. The van der Waals surface area contributed by atoms with Gasteiger partial charge in [-0.05, 0) is 18.3 Å². The Morgan fingerprint density at radius 3 is 2.60 bits per heavy atom. The van der Waals surface area contributed by atoms with E-state index in [9.17, 15) is 4.79 Å². The van der Waals surface area contributed by atoms with Gasteiger partial charge in [0.1, 0.15) is 5.82 Å². The Labute approximate surface area is 180 Å². The van der Waals surface area contributed by atoms with Gasteiger partial charge in [-0.3, -0.25) is 4.79 Å². The quantitative estimate of drug-likeness (QED) is 0.748. The number of imidazole rings is 1. The summed E-state index contributed by atoms with van der Waals surface area (Å²) < 4.78 is 2.27. The van der Waals surface area contributed by atoms with Crippen LogP contribution in [0.25, 0.3) is 11.3 Å². The molecule has 2 aliphatic rings. The zero-order valence-electron chi connectivity index (χ0n) is 18.5. The van der Waals surface area contributed by atoms with Crippen molar-refractivity contribution in [1.82, 2.24) is 14.5 Å². The third kappa shape index (κ3) is 4.31. The molecule has 1 fully saturated rings. The van der Waals surface area contributed by atoms with Gasteiger partial charge in [0.25, 0.3) is 0 Å². The topological polar surface area (TPSA) is 64.2 Å².